The third-order valence-corrected chi connectivity index (χ3v) is 7.59. The maximum atomic E-state index is 12.6. The number of nitrogens with one attached hydrogen (secondary N) is 2. The standard InChI is InChI=1S/C21H32N2O4S/c1-14(2)28(25,26)23-18-8-6-17(7-9-18)21(24)22-20-11-10-19(12-15(20)3)27-13-16-4-5-16/h10-12,14,16-18,23H,4-9,13H2,1-3H3,(H,22,24)/t17-,18-. The summed E-state index contributed by atoms with van der Waals surface area (Å²) in [5.41, 5.74) is 1.80. The number of hydrogen-bond acceptors (Lipinski definition) is 4. The molecule has 0 aliphatic heterocycles. The Hall–Kier alpha value is -1.60. The van der Waals surface area contributed by atoms with Gasteiger partial charge in [0.15, 0.2) is 0 Å². The summed E-state index contributed by atoms with van der Waals surface area (Å²) in [4.78, 5) is 12.6. The van der Waals surface area contributed by atoms with E-state index in [2.05, 4.69) is 10.0 Å². The molecule has 7 heteroatoms. The fourth-order valence-electron chi connectivity index (χ4n) is 3.44. The topological polar surface area (TPSA) is 84.5 Å². The summed E-state index contributed by atoms with van der Waals surface area (Å²) in [6.07, 6.45) is 5.29. The lowest BCUT2D eigenvalue weighted by atomic mass is 9.86. The highest BCUT2D eigenvalue weighted by molar-refractivity contribution is 7.90. The van der Waals surface area contributed by atoms with Crippen LogP contribution in [-0.2, 0) is 14.8 Å². The van der Waals surface area contributed by atoms with Crippen molar-refractivity contribution in [3.05, 3.63) is 23.8 Å². The Labute approximate surface area is 168 Å². The molecular weight excluding hydrogens is 376 g/mol. The van der Waals surface area contributed by atoms with Gasteiger partial charge in [0.25, 0.3) is 0 Å². The maximum Gasteiger partial charge on any atom is 0.227 e. The molecule has 0 spiro atoms. The van der Waals surface area contributed by atoms with Crippen LogP contribution in [0.5, 0.6) is 5.75 Å². The van der Waals surface area contributed by atoms with Gasteiger partial charge in [-0.05, 0) is 89.0 Å². The number of ether oxygens (including phenoxy) is 1. The van der Waals surface area contributed by atoms with E-state index < -0.39 is 15.3 Å². The van der Waals surface area contributed by atoms with Crippen molar-refractivity contribution in [2.45, 2.75) is 70.6 Å². The van der Waals surface area contributed by atoms with Crippen LogP contribution in [-0.4, -0.2) is 32.2 Å². The molecule has 6 nitrogen and oxygen atoms in total. The largest absolute Gasteiger partial charge is 0.493 e. The fourth-order valence-corrected chi connectivity index (χ4v) is 4.41. The Bertz CT molecular complexity index is 795. The van der Waals surface area contributed by atoms with Crippen molar-refractivity contribution < 1.29 is 17.9 Å². The van der Waals surface area contributed by atoms with E-state index in [0.29, 0.717) is 31.6 Å². The highest BCUT2D eigenvalue weighted by Crippen LogP contribution is 2.31. The third-order valence-electron chi connectivity index (χ3n) is 5.69. The van der Waals surface area contributed by atoms with Crippen molar-refractivity contribution in [3.63, 3.8) is 0 Å². The van der Waals surface area contributed by atoms with Gasteiger partial charge in [-0.1, -0.05) is 0 Å². The zero-order valence-corrected chi connectivity index (χ0v) is 17.8. The molecule has 2 fully saturated rings. The summed E-state index contributed by atoms with van der Waals surface area (Å²) >= 11 is 0. The molecule has 3 rings (SSSR count). The minimum absolute atomic E-state index is 0.0138. The quantitative estimate of drug-likeness (QED) is 0.688. The summed E-state index contributed by atoms with van der Waals surface area (Å²) < 4.78 is 32.6. The fraction of sp³-hybridized carbons (Fsp3) is 0.667. The van der Waals surface area contributed by atoms with Crippen molar-refractivity contribution in [3.8, 4) is 5.75 Å². The Morgan fingerprint density at radius 3 is 2.39 bits per heavy atom. The van der Waals surface area contributed by atoms with Crippen LogP contribution >= 0.6 is 0 Å². The lowest BCUT2D eigenvalue weighted by Gasteiger charge is -2.29. The van der Waals surface area contributed by atoms with Crippen LogP contribution in [0.2, 0.25) is 0 Å². The monoisotopic (exact) mass is 408 g/mol. The minimum Gasteiger partial charge on any atom is -0.493 e. The molecule has 1 aromatic carbocycles. The van der Waals surface area contributed by atoms with Crippen LogP contribution in [0, 0.1) is 18.8 Å². The zero-order chi connectivity index (χ0) is 20.3. The van der Waals surface area contributed by atoms with Crippen molar-refractivity contribution in [1.29, 1.82) is 0 Å². The Kier molecular flexibility index (Phi) is 6.65. The van der Waals surface area contributed by atoms with Crippen LogP contribution < -0.4 is 14.8 Å². The van der Waals surface area contributed by atoms with Gasteiger partial charge in [0.2, 0.25) is 15.9 Å². The van der Waals surface area contributed by atoms with Crippen LogP contribution in [0.25, 0.3) is 0 Å². The van der Waals surface area contributed by atoms with Gasteiger partial charge in [0.05, 0.1) is 11.9 Å². The molecule has 0 heterocycles. The number of hydrogen-bond donors (Lipinski definition) is 2. The van der Waals surface area contributed by atoms with Crippen molar-refractivity contribution >= 4 is 21.6 Å². The van der Waals surface area contributed by atoms with Crippen LogP contribution in [0.3, 0.4) is 0 Å². The van der Waals surface area contributed by atoms with E-state index in [-0.39, 0.29) is 17.9 Å². The second kappa shape index (κ2) is 8.82. The third kappa shape index (κ3) is 5.70. The second-order valence-electron chi connectivity index (χ2n) is 8.48. The molecule has 2 N–H and O–H groups in total. The highest BCUT2D eigenvalue weighted by Gasteiger charge is 2.29. The van der Waals surface area contributed by atoms with E-state index in [4.69, 9.17) is 4.74 Å². The summed E-state index contributed by atoms with van der Waals surface area (Å²) in [7, 11) is -3.26. The van der Waals surface area contributed by atoms with Crippen LogP contribution in [0.15, 0.2) is 18.2 Å². The Morgan fingerprint density at radius 2 is 1.82 bits per heavy atom. The predicted octanol–water partition coefficient (Wildman–Crippen LogP) is 3.61. The van der Waals surface area contributed by atoms with E-state index in [1.807, 2.05) is 25.1 Å². The predicted molar refractivity (Wildman–Crippen MR) is 111 cm³/mol. The number of anilines is 1. The number of sulfonamides is 1. The number of benzene rings is 1. The molecule has 28 heavy (non-hydrogen) atoms. The molecule has 0 aromatic heterocycles. The van der Waals surface area contributed by atoms with Crippen molar-refractivity contribution in [2.24, 2.45) is 11.8 Å². The van der Waals surface area contributed by atoms with Crippen molar-refractivity contribution in [2.75, 3.05) is 11.9 Å². The Morgan fingerprint density at radius 1 is 1.14 bits per heavy atom. The van der Waals surface area contributed by atoms with Gasteiger partial charge in [0.1, 0.15) is 5.75 Å². The molecule has 0 bridgehead atoms. The number of rotatable bonds is 8. The lowest BCUT2D eigenvalue weighted by Crippen LogP contribution is -2.42. The molecule has 0 radical (unpaired) electrons. The van der Waals surface area contributed by atoms with Gasteiger partial charge in [0, 0.05) is 17.6 Å². The van der Waals surface area contributed by atoms with E-state index in [9.17, 15) is 13.2 Å². The molecule has 2 saturated carbocycles. The summed E-state index contributed by atoms with van der Waals surface area (Å²) in [6.45, 7) is 6.09. The number of aryl methyl sites for hydroxylation is 1. The molecule has 2 aliphatic rings. The maximum absolute atomic E-state index is 12.6. The number of carbonyl (C=O) groups is 1. The first-order valence-electron chi connectivity index (χ1n) is 10.3. The Balaban J connectivity index is 1.48. The second-order valence-corrected chi connectivity index (χ2v) is 10.7. The molecule has 0 atom stereocenters. The summed E-state index contributed by atoms with van der Waals surface area (Å²) in [6, 6.07) is 5.71. The van der Waals surface area contributed by atoms with E-state index in [1.165, 1.54) is 12.8 Å². The first kappa shape index (κ1) is 21.1. The van der Waals surface area contributed by atoms with Gasteiger partial charge < -0.3 is 10.1 Å². The normalized spacial score (nSPS) is 22.9. The highest BCUT2D eigenvalue weighted by atomic mass is 32.2. The number of carbonyl (C=O) groups excluding carboxylic acids is 1. The SMILES string of the molecule is Cc1cc(OCC2CC2)ccc1NC(=O)[C@H]1CC[C@H](NS(=O)(=O)C(C)C)CC1. The van der Waals surface area contributed by atoms with Gasteiger partial charge in [-0.3, -0.25) is 4.79 Å². The smallest absolute Gasteiger partial charge is 0.227 e. The van der Waals surface area contributed by atoms with Crippen LogP contribution in [0.4, 0.5) is 5.69 Å². The average molecular weight is 409 g/mol. The molecular formula is C21H32N2O4S. The molecule has 0 unspecified atom stereocenters. The first-order valence-corrected chi connectivity index (χ1v) is 11.8. The molecule has 156 valence electrons. The van der Waals surface area contributed by atoms with Crippen molar-refractivity contribution in [1.82, 2.24) is 4.72 Å². The minimum atomic E-state index is -3.26. The zero-order valence-electron chi connectivity index (χ0n) is 17.0. The molecule has 1 amide bonds. The van der Waals surface area contributed by atoms with E-state index in [0.717, 1.165) is 23.6 Å². The van der Waals surface area contributed by atoms with Gasteiger partial charge in [-0.25, -0.2) is 13.1 Å². The lowest BCUT2D eigenvalue weighted by molar-refractivity contribution is -0.120. The molecule has 2 aliphatic carbocycles. The van der Waals surface area contributed by atoms with Gasteiger partial charge in [-0.15, -0.1) is 0 Å². The molecule has 1 aromatic rings. The van der Waals surface area contributed by atoms with Gasteiger partial charge >= 0.3 is 0 Å². The summed E-state index contributed by atoms with van der Waals surface area (Å²) in [5, 5.41) is 2.60. The van der Waals surface area contributed by atoms with E-state index in [1.54, 1.807) is 13.8 Å². The molecule has 0 saturated heterocycles. The van der Waals surface area contributed by atoms with Gasteiger partial charge in [-0.2, -0.15) is 0 Å². The van der Waals surface area contributed by atoms with Crippen LogP contribution in [0.1, 0.15) is 57.9 Å². The summed E-state index contributed by atoms with van der Waals surface area (Å²) in [5.74, 6) is 1.49. The first-order chi connectivity index (χ1) is 13.2. The average Bonchev–Trinajstić information content (AvgIpc) is 3.46. The van der Waals surface area contributed by atoms with E-state index >= 15 is 0 Å². The number of amides is 1.